The highest BCUT2D eigenvalue weighted by atomic mass is 16.2. The molecule has 1 saturated heterocycles. The highest BCUT2D eigenvalue weighted by molar-refractivity contribution is 5.94. The van der Waals surface area contributed by atoms with Crippen LogP contribution >= 0.6 is 0 Å². The van der Waals surface area contributed by atoms with E-state index in [1.807, 2.05) is 60.6 Å². The second-order valence-corrected chi connectivity index (χ2v) is 7.17. The van der Waals surface area contributed by atoms with Crippen LogP contribution in [0.15, 0.2) is 43.0 Å². The zero-order valence-corrected chi connectivity index (χ0v) is 16.5. The zero-order valence-electron chi connectivity index (χ0n) is 16.5. The van der Waals surface area contributed by atoms with Crippen LogP contribution in [-0.2, 0) is 0 Å². The molecule has 3 aromatic rings. The Labute approximate surface area is 164 Å². The number of aromatic nitrogens is 4. The van der Waals surface area contributed by atoms with E-state index in [2.05, 4.69) is 19.9 Å². The molecule has 7 nitrogen and oxygen atoms in total. The lowest BCUT2D eigenvalue weighted by molar-refractivity contribution is 0.0746. The molecule has 144 valence electrons. The van der Waals surface area contributed by atoms with Crippen molar-refractivity contribution in [3.63, 3.8) is 0 Å². The second kappa shape index (κ2) is 7.42. The molecule has 3 heterocycles. The summed E-state index contributed by atoms with van der Waals surface area (Å²) in [6, 6.07) is 9.73. The molecule has 1 aromatic carbocycles. The third-order valence-corrected chi connectivity index (χ3v) is 5.33. The predicted octanol–water partition coefficient (Wildman–Crippen LogP) is 2.55. The molecule has 1 amide bonds. The van der Waals surface area contributed by atoms with Crippen molar-refractivity contribution in [2.75, 3.05) is 31.1 Å². The number of amides is 1. The first-order valence-corrected chi connectivity index (χ1v) is 9.47. The average Bonchev–Trinajstić information content (AvgIpc) is 3.07. The Morgan fingerprint density at radius 3 is 2.21 bits per heavy atom. The van der Waals surface area contributed by atoms with Gasteiger partial charge in [0, 0.05) is 43.5 Å². The molecular formula is C21H24N6O. The lowest BCUT2D eigenvalue weighted by Gasteiger charge is -2.35. The van der Waals surface area contributed by atoms with Crippen LogP contribution in [-0.4, -0.2) is 56.5 Å². The van der Waals surface area contributed by atoms with Crippen molar-refractivity contribution in [2.45, 2.75) is 20.8 Å². The molecule has 28 heavy (non-hydrogen) atoms. The van der Waals surface area contributed by atoms with Crippen LogP contribution in [0, 0.1) is 20.8 Å². The molecule has 4 rings (SSSR count). The summed E-state index contributed by atoms with van der Waals surface area (Å²) < 4.78 is 1.97. The summed E-state index contributed by atoms with van der Waals surface area (Å²) in [5.74, 6) is 1.77. The fourth-order valence-electron chi connectivity index (χ4n) is 3.39. The number of hydrogen-bond acceptors (Lipinski definition) is 5. The van der Waals surface area contributed by atoms with Crippen LogP contribution in [0.5, 0.6) is 0 Å². The Bertz CT molecular complexity index is 986. The van der Waals surface area contributed by atoms with Crippen molar-refractivity contribution in [3.8, 4) is 5.82 Å². The van der Waals surface area contributed by atoms with Crippen molar-refractivity contribution < 1.29 is 4.79 Å². The number of piperazine rings is 1. The molecule has 2 aromatic heterocycles. The summed E-state index contributed by atoms with van der Waals surface area (Å²) in [6.07, 6.45) is 3.37. The van der Waals surface area contributed by atoms with Crippen LogP contribution in [0.3, 0.4) is 0 Å². The van der Waals surface area contributed by atoms with E-state index in [4.69, 9.17) is 0 Å². The van der Waals surface area contributed by atoms with E-state index in [1.165, 1.54) is 0 Å². The smallest absolute Gasteiger partial charge is 0.253 e. The first kappa shape index (κ1) is 18.2. The van der Waals surface area contributed by atoms with E-state index in [9.17, 15) is 4.79 Å². The third kappa shape index (κ3) is 3.47. The Morgan fingerprint density at radius 2 is 1.57 bits per heavy atom. The number of aryl methyl sites for hydroxylation is 2. The van der Waals surface area contributed by atoms with E-state index >= 15 is 0 Å². The van der Waals surface area contributed by atoms with Crippen LogP contribution in [0.1, 0.15) is 27.3 Å². The molecule has 0 unspecified atom stereocenters. The molecule has 0 spiro atoms. The maximum atomic E-state index is 12.7. The molecule has 1 aliphatic heterocycles. The van der Waals surface area contributed by atoms with Crippen molar-refractivity contribution in [1.82, 2.24) is 24.4 Å². The standard InChI is InChI=1S/C21H24N6O/c1-15-4-6-18(7-5-15)21(28)26-10-8-25(9-11-26)19-12-20(23-13-22-19)27-14-24-16(2)17(27)3/h4-7,12-14H,8-11H2,1-3H3. The summed E-state index contributed by atoms with van der Waals surface area (Å²) in [7, 11) is 0. The number of imidazole rings is 1. The highest BCUT2D eigenvalue weighted by Gasteiger charge is 2.23. The molecule has 0 bridgehead atoms. The molecule has 0 N–H and O–H groups in total. The number of rotatable bonds is 3. The van der Waals surface area contributed by atoms with Crippen LogP contribution < -0.4 is 4.90 Å². The molecular weight excluding hydrogens is 352 g/mol. The van der Waals surface area contributed by atoms with Crippen LogP contribution in [0.2, 0.25) is 0 Å². The summed E-state index contributed by atoms with van der Waals surface area (Å²) >= 11 is 0. The van der Waals surface area contributed by atoms with Gasteiger partial charge in [-0.15, -0.1) is 0 Å². The van der Waals surface area contributed by atoms with Gasteiger partial charge in [-0.3, -0.25) is 9.36 Å². The number of hydrogen-bond donors (Lipinski definition) is 0. The van der Waals surface area contributed by atoms with E-state index < -0.39 is 0 Å². The van der Waals surface area contributed by atoms with E-state index in [-0.39, 0.29) is 5.91 Å². The summed E-state index contributed by atoms with van der Waals surface area (Å²) in [5, 5.41) is 0. The number of carbonyl (C=O) groups is 1. The molecule has 0 aliphatic carbocycles. The van der Waals surface area contributed by atoms with Gasteiger partial charge in [0.15, 0.2) is 0 Å². The van der Waals surface area contributed by atoms with Crippen molar-refractivity contribution in [3.05, 3.63) is 65.5 Å². The molecule has 7 heteroatoms. The molecule has 0 atom stereocenters. The van der Waals surface area contributed by atoms with E-state index in [0.717, 1.165) is 47.2 Å². The van der Waals surface area contributed by atoms with Gasteiger partial charge in [-0.25, -0.2) is 15.0 Å². The van der Waals surface area contributed by atoms with Crippen molar-refractivity contribution in [2.24, 2.45) is 0 Å². The number of nitrogens with zero attached hydrogens (tertiary/aromatic N) is 6. The molecule has 0 radical (unpaired) electrons. The first-order valence-electron chi connectivity index (χ1n) is 9.47. The van der Waals surface area contributed by atoms with E-state index in [1.54, 1.807) is 12.7 Å². The lowest BCUT2D eigenvalue weighted by Crippen LogP contribution is -2.49. The van der Waals surface area contributed by atoms with Gasteiger partial charge in [0.2, 0.25) is 0 Å². The summed E-state index contributed by atoms with van der Waals surface area (Å²) in [4.78, 5) is 30.0. The molecule has 1 aliphatic rings. The van der Waals surface area contributed by atoms with Crippen molar-refractivity contribution in [1.29, 1.82) is 0 Å². The number of benzene rings is 1. The fraction of sp³-hybridized carbons (Fsp3) is 0.333. The minimum Gasteiger partial charge on any atom is -0.353 e. The summed E-state index contributed by atoms with van der Waals surface area (Å²) in [6.45, 7) is 8.88. The van der Waals surface area contributed by atoms with E-state index in [0.29, 0.717) is 13.1 Å². The zero-order chi connectivity index (χ0) is 19.7. The Morgan fingerprint density at radius 1 is 0.893 bits per heavy atom. The average molecular weight is 376 g/mol. The maximum Gasteiger partial charge on any atom is 0.253 e. The third-order valence-electron chi connectivity index (χ3n) is 5.33. The second-order valence-electron chi connectivity index (χ2n) is 7.17. The monoisotopic (exact) mass is 376 g/mol. The number of anilines is 1. The topological polar surface area (TPSA) is 67.2 Å². The van der Waals surface area contributed by atoms with Gasteiger partial charge >= 0.3 is 0 Å². The minimum atomic E-state index is 0.0903. The number of carbonyl (C=O) groups excluding carboxylic acids is 1. The Balaban J connectivity index is 1.45. The van der Waals surface area contributed by atoms with Gasteiger partial charge in [0.05, 0.1) is 5.69 Å². The maximum absolute atomic E-state index is 12.7. The van der Waals surface area contributed by atoms with Gasteiger partial charge in [0.25, 0.3) is 5.91 Å². The lowest BCUT2D eigenvalue weighted by atomic mass is 10.1. The van der Waals surface area contributed by atoms with Gasteiger partial charge < -0.3 is 9.80 Å². The first-order chi connectivity index (χ1) is 13.5. The van der Waals surface area contributed by atoms with Gasteiger partial charge in [-0.2, -0.15) is 0 Å². The fourth-order valence-corrected chi connectivity index (χ4v) is 3.39. The van der Waals surface area contributed by atoms with Gasteiger partial charge in [0.1, 0.15) is 24.3 Å². The molecule has 1 fully saturated rings. The Kier molecular flexibility index (Phi) is 4.81. The molecule has 0 saturated carbocycles. The SMILES string of the molecule is Cc1ccc(C(=O)N2CCN(c3cc(-n4cnc(C)c4C)ncn3)CC2)cc1. The van der Waals surface area contributed by atoms with Crippen molar-refractivity contribution >= 4 is 11.7 Å². The summed E-state index contributed by atoms with van der Waals surface area (Å²) in [5.41, 5.74) is 3.96. The normalized spacial score (nSPS) is 14.4. The predicted molar refractivity (Wildman–Crippen MR) is 108 cm³/mol. The highest BCUT2D eigenvalue weighted by Crippen LogP contribution is 2.19. The quantitative estimate of drug-likeness (QED) is 0.703. The largest absolute Gasteiger partial charge is 0.353 e. The van der Waals surface area contributed by atoms with Crippen LogP contribution in [0.25, 0.3) is 5.82 Å². The minimum absolute atomic E-state index is 0.0903. The van der Waals surface area contributed by atoms with Gasteiger partial charge in [-0.1, -0.05) is 17.7 Å². The van der Waals surface area contributed by atoms with Gasteiger partial charge in [-0.05, 0) is 32.9 Å². The Hall–Kier alpha value is -3.22. The van der Waals surface area contributed by atoms with Crippen LogP contribution in [0.4, 0.5) is 5.82 Å².